The van der Waals surface area contributed by atoms with Crippen LogP contribution in [0.2, 0.25) is 0 Å². The molecule has 0 heterocycles. The molecule has 0 atom stereocenters. The van der Waals surface area contributed by atoms with Gasteiger partial charge in [-0.05, 0) is 19.1 Å². The van der Waals surface area contributed by atoms with Crippen molar-refractivity contribution in [2.45, 2.75) is 13.3 Å². The van der Waals surface area contributed by atoms with Crippen LogP contribution in [-0.2, 0) is 14.3 Å². The van der Waals surface area contributed by atoms with Gasteiger partial charge < -0.3 is 9.47 Å². The molecule has 0 saturated heterocycles. The zero-order chi connectivity index (χ0) is 13.4. The second-order valence-electron chi connectivity index (χ2n) is 3.32. The van der Waals surface area contributed by atoms with Gasteiger partial charge in [0.25, 0.3) is 0 Å². The Labute approximate surface area is 106 Å². The summed E-state index contributed by atoms with van der Waals surface area (Å²) in [6.45, 7) is 2.07. The van der Waals surface area contributed by atoms with Gasteiger partial charge in [-0.15, -0.1) is 0 Å². The van der Waals surface area contributed by atoms with Crippen LogP contribution in [0.5, 0.6) is 0 Å². The summed E-state index contributed by atoms with van der Waals surface area (Å²) in [5, 5.41) is 0. The molecule has 0 bridgehead atoms. The number of carbonyl (C=O) groups is 2. The average Bonchev–Trinajstić information content (AvgIpc) is 2.39. The predicted octanol–water partition coefficient (Wildman–Crippen LogP) is 1.78. The molecule has 0 radical (unpaired) electrons. The van der Waals surface area contributed by atoms with Crippen molar-refractivity contribution >= 4 is 11.9 Å². The molecule has 1 aromatic carbocycles. The molecule has 4 heteroatoms. The summed E-state index contributed by atoms with van der Waals surface area (Å²) < 4.78 is 9.39. The van der Waals surface area contributed by atoms with Crippen LogP contribution in [0.1, 0.15) is 29.3 Å². The standard InChI is InChI=1S/C14H14O4/c1-3-18-13(15)10-6-8-11-7-4-5-9-12(11)14(16)17-2/h4-5,7,9H,3,10H2,1-2H3. The molecule has 1 rings (SSSR count). The van der Waals surface area contributed by atoms with Crippen molar-refractivity contribution < 1.29 is 19.1 Å². The topological polar surface area (TPSA) is 52.6 Å². The van der Waals surface area contributed by atoms with Gasteiger partial charge in [0.2, 0.25) is 0 Å². The maximum absolute atomic E-state index is 11.5. The summed E-state index contributed by atoms with van der Waals surface area (Å²) in [4.78, 5) is 22.5. The number of ether oxygens (including phenoxy) is 2. The summed E-state index contributed by atoms with van der Waals surface area (Å²) in [6.07, 6.45) is 0.00332. The van der Waals surface area contributed by atoms with E-state index in [2.05, 4.69) is 16.6 Å². The number of rotatable bonds is 3. The molecule has 0 amide bonds. The van der Waals surface area contributed by atoms with Crippen LogP contribution in [0.3, 0.4) is 0 Å². The minimum absolute atomic E-state index is 0.00332. The lowest BCUT2D eigenvalue weighted by Gasteiger charge is -2.01. The summed E-state index contributed by atoms with van der Waals surface area (Å²) in [7, 11) is 1.31. The van der Waals surface area contributed by atoms with Crippen LogP contribution in [0.15, 0.2) is 24.3 Å². The van der Waals surface area contributed by atoms with E-state index in [1.54, 1.807) is 31.2 Å². The zero-order valence-electron chi connectivity index (χ0n) is 10.4. The lowest BCUT2D eigenvalue weighted by atomic mass is 10.1. The molecule has 0 fully saturated rings. The molecule has 0 aliphatic heterocycles. The minimum Gasteiger partial charge on any atom is -0.465 e. The molecule has 0 aliphatic carbocycles. The first kappa shape index (κ1) is 13.8. The second-order valence-corrected chi connectivity index (χ2v) is 3.32. The number of carbonyl (C=O) groups excluding carboxylic acids is 2. The monoisotopic (exact) mass is 246 g/mol. The van der Waals surface area contributed by atoms with Gasteiger partial charge in [0.15, 0.2) is 0 Å². The van der Waals surface area contributed by atoms with Crippen LogP contribution in [0.25, 0.3) is 0 Å². The lowest BCUT2D eigenvalue weighted by molar-refractivity contribution is -0.141. The zero-order valence-corrected chi connectivity index (χ0v) is 10.4. The fourth-order valence-corrected chi connectivity index (χ4v) is 1.30. The Kier molecular flexibility index (Phi) is 5.46. The number of benzene rings is 1. The molecule has 0 unspecified atom stereocenters. The van der Waals surface area contributed by atoms with Gasteiger partial charge in [0.05, 0.1) is 19.3 Å². The van der Waals surface area contributed by atoms with E-state index < -0.39 is 5.97 Å². The van der Waals surface area contributed by atoms with E-state index in [4.69, 9.17) is 4.74 Å². The van der Waals surface area contributed by atoms with E-state index in [0.717, 1.165) is 0 Å². The van der Waals surface area contributed by atoms with Crippen LogP contribution in [-0.4, -0.2) is 25.7 Å². The van der Waals surface area contributed by atoms with E-state index in [9.17, 15) is 9.59 Å². The lowest BCUT2D eigenvalue weighted by Crippen LogP contribution is -2.04. The van der Waals surface area contributed by atoms with Crippen molar-refractivity contribution in [3.05, 3.63) is 35.4 Å². The first-order valence-corrected chi connectivity index (χ1v) is 5.50. The normalized spacial score (nSPS) is 9.00. The van der Waals surface area contributed by atoms with Gasteiger partial charge in [0.1, 0.15) is 6.42 Å². The van der Waals surface area contributed by atoms with Crippen molar-refractivity contribution in [2.24, 2.45) is 0 Å². The van der Waals surface area contributed by atoms with Gasteiger partial charge in [0, 0.05) is 5.56 Å². The number of hydrogen-bond acceptors (Lipinski definition) is 4. The molecule has 0 spiro atoms. The van der Waals surface area contributed by atoms with Crippen LogP contribution in [0.4, 0.5) is 0 Å². The molecular formula is C14H14O4. The van der Waals surface area contributed by atoms with Crippen LogP contribution < -0.4 is 0 Å². The average molecular weight is 246 g/mol. The van der Waals surface area contributed by atoms with E-state index in [1.165, 1.54) is 7.11 Å². The van der Waals surface area contributed by atoms with Gasteiger partial charge in [-0.2, -0.15) is 0 Å². The van der Waals surface area contributed by atoms with Crippen molar-refractivity contribution in [2.75, 3.05) is 13.7 Å². The minimum atomic E-state index is -0.448. The molecular weight excluding hydrogens is 232 g/mol. The van der Waals surface area contributed by atoms with Gasteiger partial charge in [-0.3, -0.25) is 4.79 Å². The van der Waals surface area contributed by atoms with E-state index >= 15 is 0 Å². The van der Waals surface area contributed by atoms with Crippen LogP contribution in [0, 0.1) is 11.8 Å². The molecule has 4 nitrogen and oxygen atoms in total. The fourth-order valence-electron chi connectivity index (χ4n) is 1.30. The summed E-state index contributed by atoms with van der Waals surface area (Å²) in [5.41, 5.74) is 0.921. The molecule has 0 aromatic heterocycles. The Hall–Kier alpha value is -2.28. The van der Waals surface area contributed by atoms with E-state index in [-0.39, 0.29) is 12.4 Å². The second kappa shape index (κ2) is 7.13. The van der Waals surface area contributed by atoms with Crippen LogP contribution >= 0.6 is 0 Å². The maximum atomic E-state index is 11.5. The van der Waals surface area contributed by atoms with Gasteiger partial charge in [-0.25, -0.2) is 4.79 Å². The summed E-state index contributed by atoms with van der Waals surface area (Å²) in [5.74, 6) is 4.62. The first-order chi connectivity index (χ1) is 8.69. The molecule has 1 aromatic rings. The Morgan fingerprint density at radius 3 is 2.67 bits per heavy atom. The third-order valence-electron chi connectivity index (χ3n) is 2.09. The molecule has 0 aliphatic rings. The molecule has 0 N–H and O–H groups in total. The summed E-state index contributed by atoms with van der Waals surface area (Å²) in [6, 6.07) is 6.81. The van der Waals surface area contributed by atoms with Crippen molar-refractivity contribution in [3.8, 4) is 11.8 Å². The Morgan fingerprint density at radius 2 is 2.00 bits per heavy atom. The highest BCUT2D eigenvalue weighted by Gasteiger charge is 2.08. The third-order valence-corrected chi connectivity index (χ3v) is 2.09. The molecule has 0 saturated carbocycles. The highest BCUT2D eigenvalue weighted by atomic mass is 16.5. The fraction of sp³-hybridized carbons (Fsp3) is 0.286. The van der Waals surface area contributed by atoms with E-state index in [1.807, 2.05) is 0 Å². The molecule has 18 heavy (non-hydrogen) atoms. The number of methoxy groups -OCH3 is 1. The Balaban J connectivity index is 2.82. The highest BCUT2D eigenvalue weighted by molar-refractivity contribution is 5.92. The highest BCUT2D eigenvalue weighted by Crippen LogP contribution is 2.08. The van der Waals surface area contributed by atoms with Crippen molar-refractivity contribution in [3.63, 3.8) is 0 Å². The number of hydrogen-bond donors (Lipinski definition) is 0. The smallest absolute Gasteiger partial charge is 0.339 e. The predicted molar refractivity (Wildman–Crippen MR) is 65.9 cm³/mol. The van der Waals surface area contributed by atoms with Gasteiger partial charge in [-0.1, -0.05) is 24.0 Å². The van der Waals surface area contributed by atoms with Crippen molar-refractivity contribution in [1.82, 2.24) is 0 Å². The van der Waals surface area contributed by atoms with E-state index in [0.29, 0.717) is 17.7 Å². The largest absolute Gasteiger partial charge is 0.465 e. The SMILES string of the molecule is CCOC(=O)CC#Cc1ccccc1C(=O)OC. The Morgan fingerprint density at radius 1 is 1.28 bits per heavy atom. The summed E-state index contributed by atoms with van der Waals surface area (Å²) >= 11 is 0. The molecule has 94 valence electrons. The first-order valence-electron chi connectivity index (χ1n) is 5.50. The Bertz CT molecular complexity index is 494. The van der Waals surface area contributed by atoms with Crippen molar-refractivity contribution in [1.29, 1.82) is 0 Å². The quantitative estimate of drug-likeness (QED) is 0.602. The number of esters is 2. The maximum Gasteiger partial charge on any atom is 0.339 e. The third kappa shape index (κ3) is 3.95. The van der Waals surface area contributed by atoms with Gasteiger partial charge >= 0.3 is 11.9 Å².